The molecule has 0 saturated carbocycles. The summed E-state index contributed by atoms with van der Waals surface area (Å²) in [5.41, 5.74) is 5.59. The van der Waals surface area contributed by atoms with E-state index in [1.807, 2.05) is 180 Å². The normalized spacial score (nSPS) is 10.6. The van der Waals surface area contributed by atoms with Crippen molar-refractivity contribution in [2.24, 2.45) is 0 Å². The van der Waals surface area contributed by atoms with Crippen molar-refractivity contribution in [2.45, 2.75) is 46.0 Å². The summed E-state index contributed by atoms with van der Waals surface area (Å²) in [6, 6.07) is 58.3. The fraction of sp³-hybridized carbons (Fsp3) is 0.200. The molecule has 7 rings (SSSR count). The van der Waals surface area contributed by atoms with Gasteiger partial charge in [-0.25, -0.2) is 0 Å². The molecule has 7 aromatic rings. The Hall–Kier alpha value is -6.46. The number of aryl methyl sites for hydroxylation is 2. The highest BCUT2D eigenvalue weighted by molar-refractivity contribution is 6.28. The Morgan fingerprint density at radius 1 is 0.483 bits per heavy atom. The van der Waals surface area contributed by atoms with Crippen molar-refractivity contribution >= 4 is 7.32 Å². The lowest BCUT2D eigenvalue weighted by Crippen LogP contribution is -2.48. The zero-order chi connectivity index (χ0) is 42.4. The number of hydrogen-bond acceptors (Lipinski definition) is 7. The molecule has 2 aromatic heterocycles. The van der Waals surface area contributed by atoms with Crippen LogP contribution in [0.1, 0.15) is 54.5 Å². The maximum atomic E-state index is 10.7. The summed E-state index contributed by atoms with van der Waals surface area (Å²) in [4.78, 5) is 10.8. The molecule has 0 N–H and O–H groups in total. The third kappa shape index (κ3) is 13.3. The van der Waals surface area contributed by atoms with Crippen LogP contribution in [0.15, 0.2) is 188 Å². The Balaban J connectivity index is 0.000000177. The molecule has 0 unspecified atom stereocenters. The van der Waals surface area contributed by atoms with Crippen molar-refractivity contribution in [3.63, 3.8) is 0 Å². The Labute approximate surface area is 354 Å². The minimum absolute atomic E-state index is 0.159. The average Bonchev–Trinajstić information content (AvgIpc) is 3.28. The molecule has 0 bridgehead atoms. The first-order valence-electron chi connectivity index (χ1n) is 20.2. The maximum absolute atomic E-state index is 10.7. The van der Waals surface area contributed by atoms with E-state index in [9.17, 15) is 10.0 Å². The summed E-state index contributed by atoms with van der Waals surface area (Å²) >= 11 is 0. The summed E-state index contributed by atoms with van der Waals surface area (Å²) < 4.78 is 19.5. The smallest absolute Gasteiger partial charge is 0.422 e. The van der Waals surface area contributed by atoms with Gasteiger partial charge in [-0.1, -0.05) is 126 Å². The number of ether oxygens (including phenoxy) is 2. The molecule has 0 aliphatic rings. The Kier molecular flexibility index (Phi) is 17.7. The van der Waals surface area contributed by atoms with Crippen molar-refractivity contribution in [1.82, 2.24) is 0 Å². The van der Waals surface area contributed by atoms with Gasteiger partial charge >= 0.3 is 11.8 Å². The van der Waals surface area contributed by atoms with E-state index in [2.05, 4.69) is 36.4 Å². The van der Waals surface area contributed by atoms with E-state index in [1.54, 1.807) is 9.46 Å². The monoisotopic (exact) mass is 804 g/mol. The van der Waals surface area contributed by atoms with Crippen molar-refractivity contribution in [3.8, 4) is 23.3 Å². The number of rotatable bonds is 16. The zero-order valence-electron chi connectivity index (χ0n) is 34.8. The molecule has 10 heteroatoms. The Morgan fingerprint density at radius 2 is 0.850 bits per heavy atom. The van der Waals surface area contributed by atoms with Crippen molar-refractivity contribution in [3.05, 3.63) is 216 Å². The molecule has 5 aromatic carbocycles. The van der Waals surface area contributed by atoms with Gasteiger partial charge in [0.2, 0.25) is 12.4 Å². The van der Waals surface area contributed by atoms with Crippen LogP contribution in [0.5, 0.6) is 23.3 Å². The van der Waals surface area contributed by atoms with E-state index in [-0.39, 0.29) is 12.0 Å². The fourth-order valence-electron chi connectivity index (χ4n) is 6.55. The second-order valence-electron chi connectivity index (χ2n) is 13.7. The Bertz CT molecular complexity index is 2050. The topological polar surface area (TPSA) is 100 Å². The molecular formula is C50H53BN2O7. The van der Waals surface area contributed by atoms with Crippen LogP contribution < -0.4 is 38.7 Å². The van der Waals surface area contributed by atoms with Gasteiger partial charge in [0.05, 0.1) is 19.5 Å². The quantitative estimate of drug-likeness (QED) is 0.0430. The standard InChI is InChI=1S/C22H21BO3.2C14H16NO2/c24-23(25)26-18-10-17-22(19-11-4-1-5-12-19,20-13-6-2-7-14-20)21-15-8-3-9-16-21;2*1-3-16-15-11-5-4-6-14(15)17-13-9-7-12(2)8-10-13/h1-9,11-16H,10,17-18H2;2*4-11H,3H2,1-2H3/q-2;2*+1. The van der Waals surface area contributed by atoms with Gasteiger partial charge < -0.3 is 24.2 Å². The molecule has 60 heavy (non-hydrogen) atoms. The molecule has 0 fully saturated rings. The Morgan fingerprint density at radius 3 is 1.20 bits per heavy atom. The number of nitrogens with zero attached hydrogens (tertiary/aromatic N) is 2. The highest BCUT2D eigenvalue weighted by atomic mass is 16.7. The zero-order valence-corrected chi connectivity index (χ0v) is 34.8. The van der Waals surface area contributed by atoms with Crippen LogP contribution in [0.25, 0.3) is 0 Å². The predicted molar refractivity (Wildman–Crippen MR) is 230 cm³/mol. The lowest BCUT2D eigenvalue weighted by Gasteiger charge is -2.37. The summed E-state index contributed by atoms with van der Waals surface area (Å²) in [6.45, 7) is 9.33. The van der Waals surface area contributed by atoms with E-state index in [4.69, 9.17) is 23.8 Å². The third-order valence-electron chi connectivity index (χ3n) is 9.35. The van der Waals surface area contributed by atoms with Crippen molar-refractivity contribution in [1.29, 1.82) is 0 Å². The molecule has 0 aliphatic heterocycles. The second kappa shape index (κ2) is 23.8. The minimum atomic E-state index is -2.23. The first-order chi connectivity index (χ1) is 29.3. The molecule has 0 saturated heterocycles. The summed E-state index contributed by atoms with van der Waals surface area (Å²) in [7, 11) is -2.23. The van der Waals surface area contributed by atoms with Crippen LogP contribution in [-0.4, -0.2) is 27.1 Å². The van der Waals surface area contributed by atoms with Crippen LogP contribution >= 0.6 is 0 Å². The van der Waals surface area contributed by atoms with Crippen molar-refractivity contribution in [2.75, 3.05) is 19.8 Å². The molecule has 308 valence electrons. The highest BCUT2D eigenvalue weighted by Gasteiger charge is 2.35. The van der Waals surface area contributed by atoms with Crippen LogP contribution in [0.3, 0.4) is 0 Å². The summed E-state index contributed by atoms with van der Waals surface area (Å²) in [6.07, 6.45) is 5.00. The van der Waals surface area contributed by atoms with Crippen LogP contribution in [0, 0.1) is 13.8 Å². The number of hydrogen-bond donors (Lipinski definition) is 0. The van der Waals surface area contributed by atoms with Gasteiger partial charge in [-0.2, -0.15) is 0 Å². The van der Waals surface area contributed by atoms with Gasteiger partial charge in [-0.05, 0) is 93.6 Å². The maximum Gasteiger partial charge on any atom is 0.422 e. The fourth-order valence-corrected chi connectivity index (χ4v) is 6.55. The predicted octanol–water partition coefficient (Wildman–Crippen LogP) is 7.57. The van der Waals surface area contributed by atoms with Gasteiger partial charge in [0.15, 0.2) is 13.2 Å². The number of pyridine rings is 2. The highest BCUT2D eigenvalue weighted by Crippen LogP contribution is 2.43. The van der Waals surface area contributed by atoms with E-state index in [1.165, 1.54) is 27.8 Å². The molecule has 0 atom stereocenters. The van der Waals surface area contributed by atoms with Gasteiger partial charge in [-0.3, -0.25) is 9.68 Å². The second-order valence-corrected chi connectivity index (χ2v) is 13.7. The molecule has 0 spiro atoms. The first kappa shape index (κ1) is 44.6. The van der Waals surface area contributed by atoms with E-state index in [0.29, 0.717) is 31.4 Å². The lowest BCUT2D eigenvalue weighted by molar-refractivity contribution is -0.892. The SMILES string of the molecule is CCO[n+]1ccccc1Oc1ccc(C)cc1.CCO[n+]1ccccc1Oc1ccc(C)cc1.[O-]B([O-])OCCCC(c1ccccc1)(c1ccccc1)c1ccccc1. The van der Waals surface area contributed by atoms with Gasteiger partial charge in [0.1, 0.15) is 11.5 Å². The van der Waals surface area contributed by atoms with Gasteiger partial charge in [0, 0.05) is 33.6 Å². The number of benzene rings is 5. The van der Waals surface area contributed by atoms with E-state index in [0.717, 1.165) is 17.9 Å². The summed E-state index contributed by atoms with van der Waals surface area (Å²) in [5.74, 6) is 2.93. The van der Waals surface area contributed by atoms with Crippen LogP contribution in [0.4, 0.5) is 0 Å². The minimum Gasteiger partial charge on any atom is -0.871 e. The third-order valence-corrected chi connectivity index (χ3v) is 9.35. The van der Waals surface area contributed by atoms with Gasteiger partial charge in [-0.15, -0.1) is 0 Å². The number of aromatic nitrogens is 2. The molecule has 0 aliphatic carbocycles. The summed E-state index contributed by atoms with van der Waals surface area (Å²) in [5, 5.41) is 21.4. The largest absolute Gasteiger partial charge is 0.871 e. The molecule has 2 heterocycles. The average molecular weight is 805 g/mol. The molecule has 0 radical (unpaired) electrons. The molecule has 0 amide bonds. The van der Waals surface area contributed by atoms with Gasteiger partial charge in [0.25, 0.3) is 0 Å². The van der Waals surface area contributed by atoms with Crippen LogP contribution in [0.2, 0.25) is 0 Å². The van der Waals surface area contributed by atoms with Crippen molar-refractivity contribution < 1.29 is 43.3 Å². The van der Waals surface area contributed by atoms with E-state index < -0.39 is 7.32 Å². The molecule has 9 nitrogen and oxygen atoms in total. The van der Waals surface area contributed by atoms with E-state index >= 15 is 0 Å². The molecular weight excluding hydrogens is 751 g/mol. The first-order valence-corrected chi connectivity index (χ1v) is 20.2. The van der Waals surface area contributed by atoms with Crippen LogP contribution in [-0.2, 0) is 10.1 Å². The lowest BCUT2D eigenvalue weighted by atomic mass is 9.67.